The Morgan fingerprint density at radius 3 is 2.11 bits per heavy atom. The van der Waals surface area contributed by atoms with Crippen LogP contribution >= 0.6 is 0 Å². The Labute approximate surface area is 158 Å². The summed E-state index contributed by atoms with van der Waals surface area (Å²) in [4.78, 5) is 26.1. The topological polar surface area (TPSA) is 92.9 Å². The van der Waals surface area contributed by atoms with Gasteiger partial charge in [-0.3, -0.25) is 4.90 Å². The van der Waals surface area contributed by atoms with Crippen LogP contribution in [0.1, 0.15) is 36.4 Å². The quantitative estimate of drug-likeness (QED) is 0.731. The third-order valence-electron chi connectivity index (χ3n) is 5.02. The van der Waals surface area contributed by atoms with Gasteiger partial charge in [-0.05, 0) is 48.1 Å². The van der Waals surface area contributed by atoms with Gasteiger partial charge in [0.2, 0.25) is 0 Å². The van der Waals surface area contributed by atoms with Gasteiger partial charge in [-0.1, -0.05) is 48.5 Å². The number of nitrogens with two attached hydrogens (primary N) is 1. The predicted molar refractivity (Wildman–Crippen MR) is 102 cm³/mol. The Bertz CT molecular complexity index is 791. The van der Waals surface area contributed by atoms with Gasteiger partial charge in [0.25, 0.3) is 0 Å². The number of nitrogens with zero attached hydrogens (tertiary/aromatic N) is 1. The Morgan fingerprint density at radius 1 is 1.07 bits per heavy atom. The molecular weight excluding hydrogens is 344 g/mol. The Kier molecular flexibility index (Phi) is 5.76. The van der Waals surface area contributed by atoms with Crippen LogP contribution in [-0.4, -0.2) is 41.8 Å². The maximum absolute atomic E-state index is 12.7. The molecule has 0 fully saturated rings. The van der Waals surface area contributed by atoms with Crippen LogP contribution in [0.3, 0.4) is 0 Å². The smallest absolute Gasteiger partial charge is 0.411 e. The number of carboxylic acid groups (broad SMARTS) is 1. The number of unbranched alkanes of at least 4 members (excludes halogenated alkanes) is 1. The zero-order valence-electron chi connectivity index (χ0n) is 15.3. The van der Waals surface area contributed by atoms with E-state index in [-0.39, 0.29) is 0 Å². The number of hydrogen-bond donors (Lipinski definition) is 2. The van der Waals surface area contributed by atoms with Crippen LogP contribution in [0, 0.1) is 0 Å². The number of carbonyl (C=O) groups is 2. The molecule has 0 saturated heterocycles. The standard InChI is InChI=1S/C21H24N2O4/c1-27-21(26)23(18(20(24)25)12-6-7-13-22)19-16-10-4-2-8-14(16)15-9-3-5-11-17(15)19/h2-5,8-11,18-19H,6-7,12-13,22H2,1H3,(H,24,25). The molecule has 6 nitrogen and oxygen atoms in total. The van der Waals surface area contributed by atoms with Gasteiger partial charge < -0.3 is 15.6 Å². The average molecular weight is 368 g/mol. The van der Waals surface area contributed by atoms with Crippen molar-refractivity contribution in [1.29, 1.82) is 0 Å². The van der Waals surface area contributed by atoms with Gasteiger partial charge in [0.1, 0.15) is 6.04 Å². The summed E-state index contributed by atoms with van der Waals surface area (Å²) < 4.78 is 4.99. The summed E-state index contributed by atoms with van der Waals surface area (Å²) in [7, 11) is 1.28. The van der Waals surface area contributed by atoms with Crippen molar-refractivity contribution in [3.8, 4) is 11.1 Å². The Hall–Kier alpha value is -2.86. The molecule has 2 aromatic rings. The first-order valence-corrected chi connectivity index (χ1v) is 9.07. The Balaban J connectivity index is 2.10. The first-order valence-electron chi connectivity index (χ1n) is 9.07. The molecule has 0 radical (unpaired) electrons. The van der Waals surface area contributed by atoms with E-state index in [0.717, 1.165) is 22.3 Å². The predicted octanol–water partition coefficient (Wildman–Crippen LogP) is 3.41. The summed E-state index contributed by atoms with van der Waals surface area (Å²) in [5.41, 5.74) is 9.40. The van der Waals surface area contributed by atoms with Crippen molar-refractivity contribution >= 4 is 12.1 Å². The zero-order chi connectivity index (χ0) is 19.4. The van der Waals surface area contributed by atoms with Gasteiger partial charge in [-0.15, -0.1) is 0 Å². The van der Waals surface area contributed by atoms with Crippen LogP contribution in [0.15, 0.2) is 48.5 Å². The van der Waals surface area contributed by atoms with E-state index >= 15 is 0 Å². The minimum atomic E-state index is -1.04. The summed E-state index contributed by atoms with van der Waals surface area (Å²) in [6.07, 6.45) is 1.00. The maximum atomic E-state index is 12.7. The second kappa shape index (κ2) is 8.22. The second-order valence-corrected chi connectivity index (χ2v) is 6.59. The molecule has 0 spiro atoms. The van der Waals surface area contributed by atoms with Crippen molar-refractivity contribution in [1.82, 2.24) is 4.90 Å². The lowest BCUT2D eigenvalue weighted by atomic mass is 9.99. The summed E-state index contributed by atoms with van der Waals surface area (Å²) in [6, 6.07) is 14.1. The minimum Gasteiger partial charge on any atom is -0.480 e. The number of ether oxygens (including phenoxy) is 1. The minimum absolute atomic E-state index is 0.322. The highest BCUT2D eigenvalue weighted by Gasteiger charge is 2.41. The molecule has 1 aliphatic rings. The van der Waals surface area contributed by atoms with Gasteiger partial charge in [0.05, 0.1) is 13.2 Å². The van der Waals surface area contributed by atoms with Crippen molar-refractivity contribution < 1.29 is 19.4 Å². The lowest BCUT2D eigenvalue weighted by Gasteiger charge is -2.34. The number of rotatable bonds is 7. The highest BCUT2D eigenvalue weighted by molar-refractivity contribution is 5.85. The monoisotopic (exact) mass is 368 g/mol. The lowest BCUT2D eigenvalue weighted by Crippen LogP contribution is -2.47. The molecule has 3 rings (SSSR count). The third kappa shape index (κ3) is 3.53. The molecule has 27 heavy (non-hydrogen) atoms. The molecule has 0 saturated carbocycles. The number of methoxy groups -OCH3 is 1. The summed E-state index contributed by atoms with van der Waals surface area (Å²) in [5.74, 6) is -1.04. The number of carboxylic acids is 1. The van der Waals surface area contributed by atoms with Gasteiger partial charge in [0.15, 0.2) is 0 Å². The maximum Gasteiger partial charge on any atom is 0.411 e. The van der Waals surface area contributed by atoms with E-state index in [4.69, 9.17) is 10.5 Å². The molecule has 0 aromatic heterocycles. The fraction of sp³-hybridized carbons (Fsp3) is 0.333. The van der Waals surface area contributed by atoms with E-state index in [9.17, 15) is 14.7 Å². The summed E-state index contributed by atoms with van der Waals surface area (Å²) in [6.45, 7) is 0.486. The van der Waals surface area contributed by atoms with Crippen LogP contribution in [0.5, 0.6) is 0 Å². The first kappa shape index (κ1) is 18.9. The largest absolute Gasteiger partial charge is 0.480 e. The van der Waals surface area contributed by atoms with Gasteiger partial charge in [0, 0.05) is 0 Å². The number of benzene rings is 2. The van der Waals surface area contributed by atoms with E-state index < -0.39 is 24.1 Å². The number of amides is 1. The second-order valence-electron chi connectivity index (χ2n) is 6.59. The first-order chi connectivity index (χ1) is 13.1. The van der Waals surface area contributed by atoms with E-state index in [2.05, 4.69) is 0 Å². The van der Waals surface area contributed by atoms with Gasteiger partial charge >= 0.3 is 12.1 Å². The van der Waals surface area contributed by atoms with Crippen LogP contribution in [-0.2, 0) is 9.53 Å². The zero-order valence-corrected chi connectivity index (χ0v) is 15.3. The molecule has 2 aromatic carbocycles. The molecule has 6 heteroatoms. The fourth-order valence-electron chi connectivity index (χ4n) is 3.81. The highest BCUT2D eigenvalue weighted by atomic mass is 16.5. The van der Waals surface area contributed by atoms with Crippen LogP contribution < -0.4 is 5.73 Å². The molecule has 0 bridgehead atoms. The molecule has 1 atom stereocenters. The number of carbonyl (C=O) groups excluding carboxylic acids is 1. The molecule has 1 aliphatic carbocycles. The van der Waals surface area contributed by atoms with Crippen LogP contribution in [0.2, 0.25) is 0 Å². The van der Waals surface area contributed by atoms with Crippen LogP contribution in [0.25, 0.3) is 11.1 Å². The average Bonchev–Trinajstić information content (AvgIpc) is 3.01. The number of aliphatic carboxylic acids is 1. The van der Waals surface area contributed by atoms with Gasteiger partial charge in [-0.25, -0.2) is 9.59 Å². The van der Waals surface area contributed by atoms with E-state index in [1.807, 2.05) is 48.5 Å². The van der Waals surface area contributed by atoms with Crippen molar-refractivity contribution in [2.75, 3.05) is 13.7 Å². The SMILES string of the molecule is COC(=O)N(C(CCCCN)C(=O)O)C1c2ccccc2-c2ccccc21. The fourth-order valence-corrected chi connectivity index (χ4v) is 3.81. The lowest BCUT2D eigenvalue weighted by molar-refractivity contribution is -0.143. The number of fused-ring (bicyclic) bond motifs is 3. The molecule has 0 aliphatic heterocycles. The van der Waals surface area contributed by atoms with Crippen LogP contribution in [0.4, 0.5) is 4.79 Å². The van der Waals surface area contributed by atoms with E-state index in [0.29, 0.717) is 25.8 Å². The Morgan fingerprint density at radius 2 is 1.63 bits per heavy atom. The van der Waals surface area contributed by atoms with E-state index in [1.165, 1.54) is 12.0 Å². The molecule has 142 valence electrons. The van der Waals surface area contributed by atoms with E-state index in [1.54, 1.807) is 0 Å². The van der Waals surface area contributed by atoms with Crippen molar-refractivity contribution in [3.05, 3.63) is 59.7 Å². The normalized spacial score (nSPS) is 13.6. The van der Waals surface area contributed by atoms with Crippen molar-refractivity contribution in [2.24, 2.45) is 5.73 Å². The summed E-state index contributed by atoms with van der Waals surface area (Å²) >= 11 is 0. The summed E-state index contributed by atoms with van der Waals surface area (Å²) in [5, 5.41) is 9.86. The molecular formula is C21H24N2O4. The van der Waals surface area contributed by atoms with Gasteiger partial charge in [-0.2, -0.15) is 0 Å². The van der Waals surface area contributed by atoms with Crippen molar-refractivity contribution in [2.45, 2.75) is 31.3 Å². The van der Waals surface area contributed by atoms with Crippen molar-refractivity contribution in [3.63, 3.8) is 0 Å². The third-order valence-corrected chi connectivity index (χ3v) is 5.02. The molecule has 1 unspecified atom stereocenters. The molecule has 0 heterocycles. The molecule has 1 amide bonds. The molecule has 3 N–H and O–H groups in total. The number of hydrogen-bond acceptors (Lipinski definition) is 4. The highest BCUT2D eigenvalue weighted by Crippen LogP contribution is 2.47.